The van der Waals surface area contributed by atoms with Gasteiger partial charge in [0.2, 0.25) is 5.91 Å². The Morgan fingerprint density at radius 1 is 0.964 bits per heavy atom. The number of rotatable bonds is 4. The van der Waals surface area contributed by atoms with Crippen molar-refractivity contribution in [2.45, 2.75) is 13.3 Å². The highest BCUT2D eigenvalue weighted by atomic mass is 19.1. The van der Waals surface area contributed by atoms with E-state index in [4.69, 9.17) is 0 Å². The number of halogens is 1. The molecular weight excluding hydrogens is 359 g/mol. The number of anilines is 1. The molecule has 1 amide bonds. The van der Waals surface area contributed by atoms with Gasteiger partial charge in [0.25, 0.3) is 0 Å². The summed E-state index contributed by atoms with van der Waals surface area (Å²) in [5.41, 5.74) is 1.75. The molecule has 0 atom stereocenters. The van der Waals surface area contributed by atoms with Gasteiger partial charge in [-0.15, -0.1) is 10.2 Å². The summed E-state index contributed by atoms with van der Waals surface area (Å²) in [6, 6.07) is 11.8. The largest absolute Gasteiger partial charge is 0.352 e. The normalized spacial score (nSPS) is 14.4. The van der Waals surface area contributed by atoms with Crippen molar-refractivity contribution in [2.75, 3.05) is 31.1 Å². The third kappa shape index (κ3) is 4.00. The molecule has 0 aliphatic carbocycles. The lowest BCUT2D eigenvalue weighted by atomic mass is 10.1. The van der Waals surface area contributed by atoms with Gasteiger partial charge in [-0.05, 0) is 42.8 Å². The van der Waals surface area contributed by atoms with Gasteiger partial charge in [-0.25, -0.2) is 9.07 Å². The number of hydrogen-bond acceptors (Lipinski definition) is 5. The van der Waals surface area contributed by atoms with Crippen LogP contribution in [0.5, 0.6) is 0 Å². The van der Waals surface area contributed by atoms with Crippen molar-refractivity contribution in [3.05, 3.63) is 65.7 Å². The maximum Gasteiger partial charge on any atom is 0.227 e. The van der Waals surface area contributed by atoms with Crippen molar-refractivity contribution >= 4 is 11.7 Å². The number of aryl methyl sites for hydroxylation is 1. The average molecular weight is 380 g/mol. The zero-order valence-corrected chi connectivity index (χ0v) is 15.6. The van der Waals surface area contributed by atoms with Crippen LogP contribution in [0.25, 0.3) is 5.82 Å². The fraction of sp³-hybridized carbons (Fsp3) is 0.300. The number of carbonyl (C=O) groups is 1. The fourth-order valence-electron chi connectivity index (χ4n) is 3.23. The Kier molecular flexibility index (Phi) is 5.01. The molecule has 1 aromatic carbocycles. The molecule has 1 saturated heterocycles. The van der Waals surface area contributed by atoms with Gasteiger partial charge in [0.1, 0.15) is 5.82 Å². The predicted octanol–water partition coefficient (Wildman–Crippen LogP) is 2.00. The summed E-state index contributed by atoms with van der Waals surface area (Å²) in [7, 11) is 0. The number of piperazine rings is 1. The molecule has 28 heavy (non-hydrogen) atoms. The minimum absolute atomic E-state index is 0.0572. The van der Waals surface area contributed by atoms with Gasteiger partial charge in [0.15, 0.2) is 11.6 Å². The second kappa shape index (κ2) is 7.75. The first-order valence-corrected chi connectivity index (χ1v) is 9.22. The third-order valence-corrected chi connectivity index (χ3v) is 4.82. The minimum atomic E-state index is -0.292. The first kappa shape index (κ1) is 18.1. The average Bonchev–Trinajstić information content (AvgIpc) is 3.16. The van der Waals surface area contributed by atoms with Crippen molar-refractivity contribution in [2.24, 2.45) is 0 Å². The number of benzene rings is 1. The van der Waals surface area contributed by atoms with Crippen LogP contribution in [0.15, 0.2) is 48.7 Å². The van der Waals surface area contributed by atoms with Crippen LogP contribution in [0.1, 0.15) is 11.3 Å². The maximum atomic E-state index is 13.0. The molecule has 7 nitrogen and oxygen atoms in total. The highest BCUT2D eigenvalue weighted by Gasteiger charge is 2.22. The van der Waals surface area contributed by atoms with Gasteiger partial charge in [-0.3, -0.25) is 4.79 Å². The summed E-state index contributed by atoms with van der Waals surface area (Å²) in [5.74, 6) is 1.23. The number of hydrogen-bond donors (Lipinski definition) is 0. The molecule has 1 aliphatic heterocycles. The zero-order valence-electron chi connectivity index (χ0n) is 15.6. The topological polar surface area (TPSA) is 67.2 Å². The molecule has 8 heteroatoms. The van der Waals surface area contributed by atoms with Crippen molar-refractivity contribution in [3.63, 3.8) is 0 Å². The van der Waals surface area contributed by atoms with Crippen molar-refractivity contribution < 1.29 is 9.18 Å². The van der Waals surface area contributed by atoms with Crippen LogP contribution in [-0.2, 0) is 11.2 Å². The van der Waals surface area contributed by atoms with E-state index in [0.717, 1.165) is 17.1 Å². The van der Waals surface area contributed by atoms with Crippen LogP contribution in [0, 0.1) is 12.7 Å². The smallest absolute Gasteiger partial charge is 0.227 e. The van der Waals surface area contributed by atoms with Crippen LogP contribution in [0.4, 0.5) is 10.2 Å². The second-order valence-electron chi connectivity index (χ2n) is 6.82. The number of amides is 1. The molecule has 3 aromatic rings. The summed E-state index contributed by atoms with van der Waals surface area (Å²) in [6.45, 7) is 4.58. The molecule has 0 N–H and O–H groups in total. The van der Waals surface area contributed by atoms with E-state index in [1.54, 1.807) is 16.8 Å². The van der Waals surface area contributed by atoms with Crippen molar-refractivity contribution in [1.82, 2.24) is 24.9 Å². The molecule has 144 valence electrons. The Bertz CT molecular complexity index is 946. The predicted molar refractivity (Wildman–Crippen MR) is 103 cm³/mol. The van der Waals surface area contributed by atoms with Crippen LogP contribution in [-0.4, -0.2) is 57.0 Å². The first-order chi connectivity index (χ1) is 13.6. The number of aromatic nitrogens is 4. The highest BCUT2D eigenvalue weighted by molar-refractivity contribution is 5.79. The molecule has 3 heterocycles. The molecule has 0 unspecified atom stereocenters. The molecule has 2 aromatic heterocycles. The van der Waals surface area contributed by atoms with Gasteiger partial charge in [0, 0.05) is 32.4 Å². The lowest BCUT2D eigenvalue weighted by molar-refractivity contribution is -0.130. The Balaban J connectivity index is 1.33. The van der Waals surface area contributed by atoms with E-state index in [1.807, 2.05) is 36.2 Å². The molecule has 0 radical (unpaired) electrons. The van der Waals surface area contributed by atoms with E-state index >= 15 is 0 Å². The summed E-state index contributed by atoms with van der Waals surface area (Å²) < 4.78 is 14.7. The van der Waals surface area contributed by atoms with Crippen LogP contribution in [0.3, 0.4) is 0 Å². The summed E-state index contributed by atoms with van der Waals surface area (Å²) in [5, 5.41) is 12.9. The highest BCUT2D eigenvalue weighted by Crippen LogP contribution is 2.15. The monoisotopic (exact) mass is 380 g/mol. The number of carbonyl (C=O) groups excluding carboxylic acids is 1. The Labute approximate surface area is 162 Å². The molecule has 0 spiro atoms. The molecule has 0 saturated carbocycles. The Morgan fingerprint density at radius 2 is 1.64 bits per heavy atom. The first-order valence-electron chi connectivity index (χ1n) is 9.22. The maximum absolute atomic E-state index is 13.0. The van der Waals surface area contributed by atoms with Gasteiger partial charge in [0.05, 0.1) is 12.1 Å². The fourth-order valence-corrected chi connectivity index (χ4v) is 3.23. The lowest BCUT2D eigenvalue weighted by Gasteiger charge is -2.35. The van der Waals surface area contributed by atoms with Crippen LogP contribution >= 0.6 is 0 Å². The SMILES string of the molecule is Cc1ccn(-c2ccc(N3CCN(C(=O)Cc4ccc(F)cc4)CC3)nn2)n1. The number of nitrogens with zero attached hydrogens (tertiary/aromatic N) is 6. The van der Waals surface area contributed by atoms with Crippen molar-refractivity contribution in [1.29, 1.82) is 0 Å². The van der Waals surface area contributed by atoms with Crippen LogP contribution < -0.4 is 4.90 Å². The van der Waals surface area contributed by atoms with E-state index in [-0.39, 0.29) is 18.1 Å². The molecule has 4 rings (SSSR count). The molecule has 1 fully saturated rings. The molecule has 0 bridgehead atoms. The zero-order chi connectivity index (χ0) is 19.5. The molecule has 1 aliphatic rings. The third-order valence-electron chi connectivity index (χ3n) is 4.82. The standard InChI is InChI=1S/C20H21FN6O/c1-15-8-9-27(24-15)19-7-6-18(22-23-19)25-10-12-26(13-11-25)20(28)14-16-2-4-17(21)5-3-16/h2-9H,10-14H2,1H3. The quantitative estimate of drug-likeness (QED) is 0.693. The lowest BCUT2D eigenvalue weighted by Crippen LogP contribution is -2.49. The molecular formula is C20H21FN6O. The van der Waals surface area contributed by atoms with E-state index < -0.39 is 0 Å². The van der Waals surface area contributed by atoms with E-state index in [1.165, 1.54) is 12.1 Å². The summed E-state index contributed by atoms with van der Waals surface area (Å²) >= 11 is 0. The Hall–Kier alpha value is -3.29. The van der Waals surface area contributed by atoms with Crippen molar-refractivity contribution in [3.8, 4) is 5.82 Å². The van der Waals surface area contributed by atoms with E-state index in [2.05, 4.69) is 20.2 Å². The van der Waals surface area contributed by atoms with E-state index in [9.17, 15) is 9.18 Å². The van der Waals surface area contributed by atoms with E-state index in [0.29, 0.717) is 32.0 Å². The van der Waals surface area contributed by atoms with Gasteiger partial charge in [-0.2, -0.15) is 5.10 Å². The summed E-state index contributed by atoms with van der Waals surface area (Å²) in [6.07, 6.45) is 2.14. The van der Waals surface area contributed by atoms with Gasteiger partial charge >= 0.3 is 0 Å². The minimum Gasteiger partial charge on any atom is -0.352 e. The van der Waals surface area contributed by atoms with Crippen LogP contribution in [0.2, 0.25) is 0 Å². The Morgan fingerprint density at radius 3 is 2.25 bits per heavy atom. The van der Waals surface area contributed by atoms with Gasteiger partial charge in [-0.1, -0.05) is 12.1 Å². The second-order valence-corrected chi connectivity index (χ2v) is 6.82. The summed E-state index contributed by atoms with van der Waals surface area (Å²) in [4.78, 5) is 16.4. The van der Waals surface area contributed by atoms with Gasteiger partial charge < -0.3 is 9.80 Å².